The molecule has 2 bridgehead atoms. The molecule has 2 heteroatoms. The Labute approximate surface area is 116 Å². The molecule has 0 amide bonds. The summed E-state index contributed by atoms with van der Waals surface area (Å²) in [6.07, 6.45) is 7.34. The van der Waals surface area contributed by atoms with Gasteiger partial charge in [-0.1, -0.05) is 37.3 Å². The lowest BCUT2D eigenvalue weighted by Gasteiger charge is -2.29. The second-order valence-corrected chi connectivity index (χ2v) is 5.96. The van der Waals surface area contributed by atoms with E-state index in [1.807, 2.05) is 0 Å². The maximum Gasteiger partial charge on any atom is 0.0623 e. The van der Waals surface area contributed by atoms with Crippen molar-refractivity contribution in [1.29, 1.82) is 0 Å². The summed E-state index contributed by atoms with van der Waals surface area (Å²) in [7, 11) is 0. The predicted octanol–water partition coefficient (Wildman–Crippen LogP) is 3.16. The van der Waals surface area contributed by atoms with Crippen LogP contribution in [0.3, 0.4) is 0 Å². The van der Waals surface area contributed by atoms with Crippen molar-refractivity contribution >= 4 is 0 Å². The molecule has 1 aromatic rings. The van der Waals surface area contributed by atoms with Crippen LogP contribution in [0, 0.1) is 5.92 Å². The number of ether oxygens (including phenoxy) is 1. The first-order valence-corrected chi connectivity index (χ1v) is 7.79. The van der Waals surface area contributed by atoms with Crippen LogP contribution in [-0.2, 0) is 11.2 Å². The summed E-state index contributed by atoms with van der Waals surface area (Å²) in [5.74, 6) is 0.738. The van der Waals surface area contributed by atoms with Gasteiger partial charge in [0.2, 0.25) is 0 Å². The highest BCUT2D eigenvalue weighted by atomic mass is 16.5. The molecular formula is C17H25NO. The van der Waals surface area contributed by atoms with Gasteiger partial charge in [0.25, 0.3) is 0 Å². The lowest BCUT2D eigenvalue weighted by molar-refractivity contribution is 0.0851. The Morgan fingerprint density at radius 3 is 2.74 bits per heavy atom. The second-order valence-electron chi connectivity index (χ2n) is 5.96. The monoisotopic (exact) mass is 259 g/mol. The molecule has 2 aliphatic heterocycles. The number of hydrogen-bond donors (Lipinski definition) is 1. The molecule has 2 heterocycles. The summed E-state index contributed by atoms with van der Waals surface area (Å²) in [6, 6.07) is 11.5. The molecule has 1 N–H and O–H groups in total. The normalized spacial score (nSPS) is 30.7. The van der Waals surface area contributed by atoms with E-state index in [1.54, 1.807) is 0 Å². The Morgan fingerprint density at radius 1 is 1.26 bits per heavy atom. The summed E-state index contributed by atoms with van der Waals surface area (Å²) in [5, 5.41) is 3.70. The van der Waals surface area contributed by atoms with Crippen LogP contribution in [0.4, 0.5) is 0 Å². The third-order valence-corrected chi connectivity index (χ3v) is 4.72. The van der Waals surface area contributed by atoms with Gasteiger partial charge in [0.15, 0.2) is 0 Å². The highest BCUT2D eigenvalue weighted by Gasteiger charge is 2.43. The average Bonchev–Trinajstić information content (AvgIpc) is 3.07. The highest BCUT2D eigenvalue weighted by Crippen LogP contribution is 2.41. The fourth-order valence-corrected chi connectivity index (χ4v) is 3.80. The third kappa shape index (κ3) is 3.01. The van der Waals surface area contributed by atoms with E-state index in [9.17, 15) is 0 Å². The zero-order chi connectivity index (χ0) is 13.1. The summed E-state index contributed by atoms with van der Waals surface area (Å²) in [6.45, 7) is 3.27. The first-order chi connectivity index (χ1) is 9.36. The molecule has 4 unspecified atom stereocenters. The van der Waals surface area contributed by atoms with Gasteiger partial charge in [-0.15, -0.1) is 0 Å². The van der Waals surface area contributed by atoms with Gasteiger partial charge < -0.3 is 10.1 Å². The molecule has 0 saturated carbocycles. The number of benzene rings is 1. The fourth-order valence-electron chi connectivity index (χ4n) is 3.80. The van der Waals surface area contributed by atoms with E-state index in [2.05, 4.69) is 42.6 Å². The van der Waals surface area contributed by atoms with Crippen molar-refractivity contribution in [2.75, 3.05) is 6.54 Å². The molecule has 19 heavy (non-hydrogen) atoms. The number of hydrogen-bond acceptors (Lipinski definition) is 2. The van der Waals surface area contributed by atoms with Crippen LogP contribution in [0.2, 0.25) is 0 Å². The zero-order valence-corrected chi connectivity index (χ0v) is 11.8. The Morgan fingerprint density at radius 2 is 2.11 bits per heavy atom. The van der Waals surface area contributed by atoms with E-state index in [1.165, 1.54) is 37.7 Å². The van der Waals surface area contributed by atoms with Crippen LogP contribution in [0.15, 0.2) is 30.3 Å². The zero-order valence-electron chi connectivity index (χ0n) is 11.8. The lowest BCUT2D eigenvalue weighted by atomic mass is 9.81. The van der Waals surface area contributed by atoms with Crippen LogP contribution in [0.5, 0.6) is 0 Å². The smallest absolute Gasteiger partial charge is 0.0623 e. The Balaban J connectivity index is 1.58. The molecule has 1 aromatic carbocycles. The minimum atomic E-state index is 0.532. The lowest BCUT2D eigenvalue weighted by Crippen LogP contribution is -2.41. The van der Waals surface area contributed by atoms with Gasteiger partial charge in [0.05, 0.1) is 12.2 Å². The number of rotatable bonds is 6. The van der Waals surface area contributed by atoms with E-state index in [-0.39, 0.29) is 0 Å². The van der Waals surface area contributed by atoms with Crippen LogP contribution < -0.4 is 5.32 Å². The molecule has 2 fully saturated rings. The molecule has 104 valence electrons. The fraction of sp³-hybridized carbons (Fsp3) is 0.647. The third-order valence-electron chi connectivity index (χ3n) is 4.72. The minimum absolute atomic E-state index is 0.532. The quantitative estimate of drug-likeness (QED) is 0.847. The highest BCUT2D eigenvalue weighted by molar-refractivity contribution is 5.15. The largest absolute Gasteiger partial charge is 0.375 e. The van der Waals surface area contributed by atoms with Crippen molar-refractivity contribution in [3.63, 3.8) is 0 Å². The molecule has 2 nitrogen and oxygen atoms in total. The standard InChI is InChI=1S/C17H25NO/c1-2-18-16(10-8-13-6-4-3-5-7-13)15-12-14-9-11-17(15)19-14/h3-7,14-18H,2,8-12H2,1H3. The molecule has 3 rings (SSSR count). The molecule has 0 radical (unpaired) electrons. The van der Waals surface area contributed by atoms with Crippen molar-refractivity contribution in [3.05, 3.63) is 35.9 Å². The molecule has 4 atom stereocenters. The van der Waals surface area contributed by atoms with E-state index >= 15 is 0 Å². The van der Waals surface area contributed by atoms with E-state index in [0.717, 1.165) is 12.5 Å². The van der Waals surface area contributed by atoms with Gasteiger partial charge in [-0.3, -0.25) is 0 Å². The molecule has 2 aliphatic rings. The van der Waals surface area contributed by atoms with Crippen LogP contribution in [-0.4, -0.2) is 24.8 Å². The summed E-state index contributed by atoms with van der Waals surface area (Å²) in [4.78, 5) is 0. The number of nitrogens with one attached hydrogen (secondary N) is 1. The first kappa shape index (κ1) is 13.1. The Bertz CT molecular complexity index is 392. The van der Waals surface area contributed by atoms with Crippen molar-refractivity contribution in [2.24, 2.45) is 5.92 Å². The van der Waals surface area contributed by atoms with Gasteiger partial charge in [-0.05, 0) is 44.2 Å². The Kier molecular flexibility index (Phi) is 4.19. The van der Waals surface area contributed by atoms with Crippen LogP contribution >= 0.6 is 0 Å². The number of fused-ring (bicyclic) bond motifs is 2. The van der Waals surface area contributed by atoms with Gasteiger partial charge in [-0.2, -0.15) is 0 Å². The Hall–Kier alpha value is -0.860. The van der Waals surface area contributed by atoms with Gasteiger partial charge in [0.1, 0.15) is 0 Å². The van der Waals surface area contributed by atoms with Crippen molar-refractivity contribution in [1.82, 2.24) is 5.32 Å². The number of aryl methyl sites for hydroxylation is 1. The van der Waals surface area contributed by atoms with Crippen molar-refractivity contribution in [3.8, 4) is 0 Å². The summed E-state index contributed by atoms with van der Waals surface area (Å²) in [5.41, 5.74) is 1.45. The molecule has 0 aromatic heterocycles. The van der Waals surface area contributed by atoms with Crippen LogP contribution in [0.1, 0.15) is 38.2 Å². The SMILES string of the molecule is CCNC(CCc1ccccc1)C1CC2CCC1O2. The van der Waals surface area contributed by atoms with Crippen molar-refractivity contribution in [2.45, 2.75) is 57.3 Å². The van der Waals surface area contributed by atoms with E-state index < -0.39 is 0 Å². The van der Waals surface area contributed by atoms with Gasteiger partial charge >= 0.3 is 0 Å². The topological polar surface area (TPSA) is 21.3 Å². The van der Waals surface area contributed by atoms with E-state index in [4.69, 9.17) is 4.74 Å². The maximum atomic E-state index is 6.02. The van der Waals surface area contributed by atoms with Gasteiger partial charge in [-0.25, -0.2) is 0 Å². The maximum absolute atomic E-state index is 6.02. The second kappa shape index (κ2) is 6.06. The molecule has 0 spiro atoms. The molecular weight excluding hydrogens is 234 g/mol. The molecule has 2 saturated heterocycles. The summed E-state index contributed by atoms with van der Waals surface area (Å²) < 4.78 is 6.02. The average molecular weight is 259 g/mol. The predicted molar refractivity (Wildman–Crippen MR) is 78.2 cm³/mol. The summed E-state index contributed by atoms with van der Waals surface area (Å²) >= 11 is 0. The molecule has 0 aliphatic carbocycles. The first-order valence-electron chi connectivity index (χ1n) is 7.79. The van der Waals surface area contributed by atoms with E-state index in [0.29, 0.717) is 18.2 Å². The minimum Gasteiger partial charge on any atom is -0.375 e. The van der Waals surface area contributed by atoms with Crippen LogP contribution in [0.25, 0.3) is 0 Å². The van der Waals surface area contributed by atoms with Crippen molar-refractivity contribution < 1.29 is 4.74 Å². The van der Waals surface area contributed by atoms with Gasteiger partial charge in [0, 0.05) is 12.0 Å².